The molecule has 1 aromatic heterocycles. The number of nitrogens with one attached hydrogen (secondary N) is 1. The second kappa shape index (κ2) is 7.32. The Bertz CT molecular complexity index is 793. The van der Waals surface area contributed by atoms with E-state index in [9.17, 15) is 25.0 Å². The Morgan fingerprint density at radius 3 is 2.71 bits per heavy atom. The number of tetrazole rings is 1. The van der Waals surface area contributed by atoms with E-state index in [1.54, 1.807) is 0 Å². The smallest absolute Gasteiger partial charge is 0.312 e. The molecule has 0 aliphatic heterocycles. The minimum atomic E-state index is -0.724. The van der Waals surface area contributed by atoms with Gasteiger partial charge in [-0.1, -0.05) is 0 Å². The van der Waals surface area contributed by atoms with Crippen LogP contribution in [0.5, 0.6) is 0 Å². The molecule has 0 aliphatic rings. The number of primary amides is 1. The fourth-order valence-electron chi connectivity index (χ4n) is 1.64. The third-order valence-corrected chi connectivity index (χ3v) is 3.71. The van der Waals surface area contributed by atoms with E-state index in [2.05, 4.69) is 20.8 Å². The predicted octanol–water partition coefficient (Wildman–Crippen LogP) is 0.309. The molecular formula is C10H10N8O5S. The van der Waals surface area contributed by atoms with Gasteiger partial charge in [-0.3, -0.25) is 20.2 Å². The van der Waals surface area contributed by atoms with Gasteiger partial charge < -0.3 is 11.1 Å². The van der Waals surface area contributed by atoms with Crippen LogP contribution >= 0.6 is 11.8 Å². The van der Waals surface area contributed by atoms with Crippen molar-refractivity contribution in [2.75, 3.05) is 6.54 Å². The number of amides is 2. The van der Waals surface area contributed by atoms with Crippen LogP contribution in [0.15, 0.2) is 28.3 Å². The molecule has 1 heterocycles. The molecule has 0 radical (unpaired) electrons. The van der Waals surface area contributed by atoms with Gasteiger partial charge in [0.1, 0.15) is 0 Å². The zero-order valence-corrected chi connectivity index (χ0v) is 12.7. The number of nitrogens with two attached hydrogens (primary N) is 1. The van der Waals surface area contributed by atoms with Crippen LogP contribution in [-0.2, 0) is 6.54 Å². The average molecular weight is 354 g/mol. The topological polar surface area (TPSA) is 185 Å². The van der Waals surface area contributed by atoms with E-state index in [0.717, 1.165) is 23.9 Å². The summed E-state index contributed by atoms with van der Waals surface area (Å²) in [5.41, 5.74) is 4.12. The first-order valence-electron chi connectivity index (χ1n) is 6.28. The Morgan fingerprint density at radius 1 is 1.33 bits per heavy atom. The van der Waals surface area contributed by atoms with Crippen LogP contribution in [0.3, 0.4) is 0 Å². The second-order valence-electron chi connectivity index (χ2n) is 4.24. The van der Waals surface area contributed by atoms with E-state index in [0.29, 0.717) is 0 Å². The van der Waals surface area contributed by atoms with E-state index < -0.39 is 27.3 Å². The highest BCUT2D eigenvalue weighted by molar-refractivity contribution is 7.99. The Balaban J connectivity index is 2.22. The van der Waals surface area contributed by atoms with Crippen molar-refractivity contribution in [2.24, 2.45) is 5.73 Å². The van der Waals surface area contributed by atoms with E-state index in [4.69, 9.17) is 5.73 Å². The molecule has 0 unspecified atom stereocenters. The van der Waals surface area contributed by atoms with Crippen molar-refractivity contribution in [2.45, 2.75) is 16.6 Å². The summed E-state index contributed by atoms with van der Waals surface area (Å²) < 4.78 is 1.31. The Morgan fingerprint density at radius 2 is 2.08 bits per heavy atom. The van der Waals surface area contributed by atoms with E-state index in [1.807, 2.05) is 0 Å². The molecule has 14 heteroatoms. The lowest BCUT2D eigenvalue weighted by Crippen LogP contribution is -2.32. The molecule has 126 valence electrons. The zero-order chi connectivity index (χ0) is 17.7. The van der Waals surface area contributed by atoms with Gasteiger partial charge in [0, 0.05) is 12.6 Å². The second-order valence-corrected chi connectivity index (χ2v) is 5.25. The molecule has 0 spiro atoms. The molecule has 2 amide bonds. The number of benzene rings is 1. The molecule has 2 aromatic rings. The number of hydrogen-bond donors (Lipinski definition) is 2. The fourth-order valence-corrected chi connectivity index (χ4v) is 2.52. The summed E-state index contributed by atoms with van der Waals surface area (Å²) in [6.45, 7) is 0.356. The summed E-state index contributed by atoms with van der Waals surface area (Å²) in [5, 5.41) is 35.3. The summed E-state index contributed by atoms with van der Waals surface area (Å²) >= 11 is 0.874. The van der Waals surface area contributed by atoms with E-state index in [1.165, 1.54) is 10.7 Å². The standard InChI is InChI=1S/C10H10N8O5S/c11-9(19)12-3-4-16-10(13-14-15-16)24-8-2-1-6(17(20)21)5-7(8)18(22)23/h1-2,5H,3-4H2,(H3,11,12,19). The van der Waals surface area contributed by atoms with Gasteiger partial charge in [-0.2, -0.15) is 0 Å². The summed E-state index contributed by atoms with van der Waals surface area (Å²) in [7, 11) is 0. The molecule has 0 saturated carbocycles. The number of carbonyl (C=O) groups is 1. The third-order valence-electron chi connectivity index (χ3n) is 2.67. The van der Waals surface area contributed by atoms with Crippen molar-refractivity contribution in [3.8, 4) is 0 Å². The molecule has 0 saturated heterocycles. The third kappa shape index (κ3) is 4.13. The van der Waals surface area contributed by atoms with Crippen molar-refractivity contribution in [1.29, 1.82) is 0 Å². The summed E-state index contributed by atoms with van der Waals surface area (Å²) in [5.74, 6) is 0. The molecule has 0 bridgehead atoms. The van der Waals surface area contributed by atoms with Crippen molar-refractivity contribution in [3.05, 3.63) is 38.4 Å². The lowest BCUT2D eigenvalue weighted by Gasteiger charge is -2.05. The van der Waals surface area contributed by atoms with Crippen molar-refractivity contribution < 1.29 is 14.6 Å². The van der Waals surface area contributed by atoms with E-state index in [-0.39, 0.29) is 23.1 Å². The lowest BCUT2D eigenvalue weighted by atomic mass is 10.3. The molecule has 0 atom stereocenters. The van der Waals surface area contributed by atoms with Crippen LogP contribution < -0.4 is 11.1 Å². The minimum absolute atomic E-state index is 0.143. The highest BCUT2D eigenvalue weighted by Crippen LogP contribution is 2.35. The van der Waals surface area contributed by atoms with Crippen molar-refractivity contribution in [1.82, 2.24) is 25.5 Å². The van der Waals surface area contributed by atoms with Gasteiger partial charge in [-0.05, 0) is 28.3 Å². The molecule has 13 nitrogen and oxygen atoms in total. The fraction of sp³-hybridized carbons (Fsp3) is 0.200. The van der Waals surface area contributed by atoms with Gasteiger partial charge >= 0.3 is 6.03 Å². The number of non-ortho nitro benzene ring substituents is 1. The van der Waals surface area contributed by atoms with Gasteiger partial charge in [0.15, 0.2) is 0 Å². The Kier molecular flexibility index (Phi) is 5.20. The number of aromatic nitrogens is 4. The van der Waals surface area contributed by atoms with Gasteiger partial charge in [0.25, 0.3) is 11.4 Å². The molecule has 2 rings (SSSR count). The van der Waals surface area contributed by atoms with E-state index >= 15 is 0 Å². The first-order chi connectivity index (χ1) is 11.4. The normalized spacial score (nSPS) is 10.3. The minimum Gasteiger partial charge on any atom is -0.352 e. The maximum atomic E-state index is 11.1. The number of urea groups is 1. The molecule has 0 fully saturated rings. The van der Waals surface area contributed by atoms with Crippen LogP contribution in [0.2, 0.25) is 0 Å². The highest BCUT2D eigenvalue weighted by Gasteiger charge is 2.22. The van der Waals surface area contributed by atoms with Gasteiger partial charge in [0.05, 0.1) is 27.4 Å². The number of nitrogens with zero attached hydrogens (tertiary/aromatic N) is 6. The number of carbonyl (C=O) groups excluding carboxylic acids is 1. The molecular weight excluding hydrogens is 344 g/mol. The maximum Gasteiger partial charge on any atom is 0.312 e. The number of nitro benzene ring substituents is 2. The quantitative estimate of drug-likeness (QED) is 0.521. The van der Waals surface area contributed by atoms with Crippen LogP contribution in [0.4, 0.5) is 16.2 Å². The number of hydrogen-bond acceptors (Lipinski definition) is 9. The summed E-state index contributed by atoms with van der Waals surface area (Å²) in [6, 6.07) is 2.56. The van der Waals surface area contributed by atoms with Crippen LogP contribution in [0, 0.1) is 20.2 Å². The monoisotopic (exact) mass is 354 g/mol. The van der Waals surface area contributed by atoms with Crippen molar-refractivity contribution >= 4 is 29.2 Å². The summed E-state index contributed by atoms with van der Waals surface area (Å²) in [4.78, 5) is 31.2. The van der Waals surface area contributed by atoms with Gasteiger partial charge in [0.2, 0.25) is 5.16 Å². The Hall–Kier alpha value is -3.29. The van der Waals surface area contributed by atoms with Crippen LogP contribution in [0.25, 0.3) is 0 Å². The molecule has 24 heavy (non-hydrogen) atoms. The molecule has 3 N–H and O–H groups in total. The van der Waals surface area contributed by atoms with Gasteiger partial charge in [-0.25, -0.2) is 9.48 Å². The number of nitro groups is 2. The predicted molar refractivity (Wildman–Crippen MR) is 79.3 cm³/mol. The SMILES string of the molecule is NC(=O)NCCn1nnnc1Sc1ccc([N+](=O)[O-])cc1[N+](=O)[O-]. The largest absolute Gasteiger partial charge is 0.352 e. The molecule has 1 aromatic carbocycles. The molecule has 0 aliphatic carbocycles. The number of rotatable bonds is 7. The average Bonchev–Trinajstić information content (AvgIpc) is 2.94. The van der Waals surface area contributed by atoms with Gasteiger partial charge in [-0.15, -0.1) is 5.10 Å². The lowest BCUT2D eigenvalue weighted by molar-refractivity contribution is -0.396. The first-order valence-corrected chi connectivity index (χ1v) is 7.10. The van der Waals surface area contributed by atoms with Crippen LogP contribution in [0.1, 0.15) is 0 Å². The van der Waals surface area contributed by atoms with Crippen molar-refractivity contribution in [3.63, 3.8) is 0 Å². The van der Waals surface area contributed by atoms with Crippen LogP contribution in [-0.4, -0.2) is 42.6 Å². The highest BCUT2D eigenvalue weighted by atomic mass is 32.2. The first kappa shape index (κ1) is 17.1. The summed E-state index contributed by atoms with van der Waals surface area (Å²) in [6.07, 6.45) is 0. The zero-order valence-electron chi connectivity index (χ0n) is 11.9. The maximum absolute atomic E-state index is 11.1. The Labute approximate surface area is 137 Å².